The summed E-state index contributed by atoms with van der Waals surface area (Å²) in [7, 11) is 1.55. The van der Waals surface area contributed by atoms with E-state index in [1.807, 2.05) is 0 Å². The van der Waals surface area contributed by atoms with Crippen molar-refractivity contribution < 1.29 is 26.7 Å². The van der Waals surface area contributed by atoms with Crippen molar-refractivity contribution in [2.24, 2.45) is 0 Å². The molecule has 0 fully saturated rings. The Hall–Kier alpha value is -0.980. The quantitative estimate of drug-likeness (QED) is 0.691. The van der Waals surface area contributed by atoms with Gasteiger partial charge >= 0.3 is 12.1 Å². The Morgan fingerprint density at radius 2 is 1.88 bits per heavy atom. The first-order valence-corrected chi connectivity index (χ1v) is 4.53. The first-order chi connectivity index (χ1) is 7.16. The number of likely N-dealkylation sites (N-methyl/N-ethyl adjacent to an activating group) is 1. The molecule has 0 bridgehead atoms. The number of hydrogen-bond donors (Lipinski definition) is 0. The molecule has 2 nitrogen and oxygen atoms in total. The maximum absolute atomic E-state index is 12.7. The molecule has 0 spiro atoms. The van der Waals surface area contributed by atoms with E-state index >= 15 is 0 Å². The molecule has 0 aromatic carbocycles. The largest absolute Gasteiger partial charge is 0.461 e. The van der Waals surface area contributed by atoms with Crippen molar-refractivity contribution in [3.8, 4) is 0 Å². The number of nitrogens with zero attached hydrogens (tertiary/aromatic N) is 1. The fraction of sp³-hybridized carbons (Fsp3) is 0.667. The molecule has 0 atom stereocenters. The average Bonchev–Trinajstić information content (AvgIpc) is 2.14. The number of alkyl halides is 5. The van der Waals surface area contributed by atoms with Gasteiger partial charge in [0.25, 0.3) is 0 Å². The van der Waals surface area contributed by atoms with E-state index in [4.69, 9.17) is 0 Å². The summed E-state index contributed by atoms with van der Waals surface area (Å²) in [6, 6.07) is 0. The maximum atomic E-state index is 12.7. The lowest BCUT2D eigenvalue weighted by Crippen LogP contribution is -2.46. The van der Waals surface area contributed by atoms with Gasteiger partial charge < -0.3 is 4.90 Å². The van der Waals surface area contributed by atoms with Gasteiger partial charge in [-0.05, 0) is 13.5 Å². The fourth-order valence-electron chi connectivity index (χ4n) is 1.39. The molecule has 1 rings (SSSR count). The maximum Gasteiger partial charge on any atom is 0.461 e. The number of carbonyl (C=O) groups is 1. The SMILES string of the molecule is CN1CCC=C(C(=O)C(F)(F)C(F)(F)F)C1. The van der Waals surface area contributed by atoms with Gasteiger partial charge in [-0.25, -0.2) is 0 Å². The van der Waals surface area contributed by atoms with Crippen molar-refractivity contribution in [3.05, 3.63) is 11.6 Å². The zero-order valence-electron chi connectivity index (χ0n) is 8.44. The van der Waals surface area contributed by atoms with Crippen LogP contribution >= 0.6 is 0 Å². The van der Waals surface area contributed by atoms with Gasteiger partial charge in [0.05, 0.1) is 0 Å². The third-order valence-corrected chi connectivity index (χ3v) is 2.27. The van der Waals surface area contributed by atoms with Gasteiger partial charge in [-0.2, -0.15) is 22.0 Å². The van der Waals surface area contributed by atoms with E-state index in [2.05, 4.69) is 0 Å². The number of hydrogen-bond acceptors (Lipinski definition) is 2. The first kappa shape index (κ1) is 13.1. The van der Waals surface area contributed by atoms with Crippen LogP contribution in [-0.4, -0.2) is 42.9 Å². The van der Waals surface area contributed by atoms with E-state index in [9.17, 15) is 26.7 Å². The van der Waals surface area contributed by atoms with Crippen LogP contribution in [0.25, 0.3) is 0 Å². The summed E-state index contributed by atoms with van der Waals surface area (Å²) in [5, 5.41) is 0. The molecule has 0 aliphatic carbocycles. The molecule has 0 N–H and O–H groups in total. The Kier molecular flexibility index (Phi) is 3.37. The minimum absolute atomic E-state index is 0.176. The van der Waals surface area contributed by atoms with Gasteiger partial charge in [-0.15, -0.1) is 0 Å². The van der Waals surface area contributed by atoms with Crippen molar-refractivity contribution in [2.75, 3.05) is 20.1 Å². The van der Waals surface area contributed by atoms with Gasteiger partial charge in [0.2, 0.25) is 5.78 Å². The molecule has 16 heavy (non-hydrogen) atoms. The predicted octanol–water partition coefficient (Wildman–Crippen LogP) is 2.02. The third kappa shape index (κ3) is 2.40. The van der Waals surface area contributed by atoms with Crippen LogP contribution in [0.1, 0.15) is 6.42 Å². The Morgan fingerprint density at radius 1 is 1.31 bits per heavy atom. The summed E-state index contributed by atoms with van der Waals surface area (Å²) in [5.41, 5.74) is -0.476. The topological polar surface area (TPSA) is 20.3 Å². The third-order valence-electron chi connectivity index (χ3n) is 2.27. The van der Waals surface area contributed by atoms with E-state index in [0.29, 0.717) is 13.0 Å². The van der Waals surface area contributed by atoms with E-state index in [-0.39, 0.29) is 6.54 Å². The summed E-state index contributed by atoms with van der Waals surface area (Å²) in [5.74, 6) is -7.44. The summed E-state index contributed by atoms with van der Waals surface area (Å²) in [4.78, 5) is 12.6. The Labute approximate surface area is 88.7 Å². The van der Waals surface area contributed by atoms with Crippen molar-refractivity contribution in [3.63, 3.8) is 0 Å². The molecule has 1 aliphatic heterocycles. The molecule has 0 radical (unpaired) electrons. The highest BCUT2D eigenvalue weighted by Crippen LogP contribution is 2.38. The van der Waals surface area contributed by atoms with Gasteiger partial charge in [0.15, 0.2) is 0 Å². The first-order valence-electron chi connectivity index (χ1n) is 4.53. The molecule has 0 amide bonds. The van der Waals surface area contributed by atoms with Crippen LogP contribution in [0.5, 0.6) is 0 Å². The monoisotopic (exact) mass is 243 g/mol. The summed E-state index contributed by atoms with van der Waals surface area (Å²) in [6.07, 6.45) is -4.39. The van der Waals surface area contributed by atoms with Crippen molar-refractivity contribution in [2.45, 2.75) is 18.5 Å². The van der Waals surface area contributed by atoms with Crippen LogP contribution in [0.3, 0.4) is 0 Å². The smallest absolute Gasteiger partial charge is 0.302 e. The minimum Gasteiger partial charge on any atom is -0.302 e. The predicted molar refractivity (Wildman–Crippen MR) is 46.2 cm³/mol. The summed E-state index contributed by atoms with van der Waals surface area (Å²) in [6.45, 7) is 0.360. The average molecular weight is 243 g/mol. The fourth-order valence-corrected chi connectivity index (χ4v) is 1.39. The van der Waals surface area contributed by atoms with Crippen LogP contribution in [-0.2, 0) is 4.79 Å². The summed E-state index contributed by atoms with van der Waals surface area (Å²) < 4.78 is 61.2. The Balaban J connectivity index is 2.90. The van der Waals surface area contributed by atoms with Crippen LogP contribution in [0.2, 0.25) is 0 Å². The van der Waals surface area contributed by atoms with Gasteiger partial charge in [0.1, 0.15) is 0 Å². The lowest BCUT2D eigenvalue weighted by Gasteiger charge is -2.25. The second kappa shape index (κ2) is 4.12. The number of carbonyl (C=O) groups excluding carboxylic acids is 1. The zero-order valence-corrected chi connectivity index (χ0v) is 8.44. The van der Waals surface area contributed by atoms with Gasteiger partial charge in [0, 0.05) is 18.7 Å². The van der Waals surface area contributed by atoms with Crippen molar-refractivity contribution in [1.82, 2.24) is 4.90 Å². The lowest BCUT2D eigenvalue weighted by molar-refractivity contribution is -0.267. The molecule has 0 aromatic heterocycles. The van der Waals surface area contributed by atoms with Crippen LogP contribution in [0.4, 0.5) is 22.0 Å². The second-order valence-electron chi connectivity index (χ2n) is 3.66. The van der Waals surface area contributed by atoms with E-state index < -0.39 is 23.5 Å². The molecule has 0 unspecified atom stereocenters. The van der Waals surface area contributed by atoms with Gasteiger partial charge in [-0.3, -0.25) is 4.79 Å². The number of Topliss-reactive ketones (excluding diaryl/α,β-unsaturated/α-hetero) is 1. The Bertz CT molecular complexity index is 320. The summed E-state index contributed by atoms with van der Waals surface area (Å²) >= 11 is 0. The zero-order chi connectivity index (χ0) is 12.6. The highest BCUT2D eigenvalue weighted by molar-refractivity contribution is 6.01. The van der Waals surface area contributed by atoms with Crippen LogP contribution in [0, 0.1) is 0 Å². The van der Waals surface area contributed by atoms with Gasteiger partial charge in [-0.1, -0.05) is 6.08 Å². The van der Waals surface area contributed by atoms with E-state index in [0.717, 1.165) is 6.08 Å². The molecule has 0 saturated carbocycles. The molecular weight excluding hydrogens is 233 g/mol. The van der Waals surface area contributed by atoms with E-state index in [1.165, 1.54) is 4.90 Å². The Morgan fingerprint density at radius 3 is 2.31 bits per heavy atom. The molecule has 0 aromatic rings. The minimum atomic E-state index is -5.83. The highest BCUT2D eigenvalue weighted by Gasteiger charge is 2.63. The normalized spacial score (nSPS) is 19.5. The standard InChI is InChI=1S/C9H10F5NO/c1-15-4-2-3-6(5-15)7(16)8(10,11)9(12,13)14/h3H,2,4-5H2,1H3. The molecule has 0 saturated heterocycles. The number of rotatable bonds is 2. The highest BCUT2D eigenvalue weighted by atomic mass is 19.4. The molecular formula is C9H10F5NO. The molecule has 1 heterocycles. The molecule has 92 valence electrons. The number of ketones is 1. The molecule has 1 aliphatic rings. The van der Waals surface area contributed by atoms with Crippen molar-refractivity contribution in [1.29, 1.82) is 0 Å². The van der Waals surface area contributed by atoms with Crippen LogP contribution in [0.15, 0.2) is 11.6 Å². The lowest BCUT2D eigenvalue weighted by atomic mass is 10.0. The van der Waals surface area contributed by atoms with E-state index in [1.54, 1.807) is 7.05 Å². The second-order valence-corrected chi connectivity index (χ2v) is 3.66. The molecule has 7 heteroatoms. The van der Waals surface area contributed by atoms with Crippen molar-refractivity contribution >= 4 is 5.78 Å². The number of halogens is 5. The van der Waals surface area contributed by atoms with Crippen LogP contribution < -0.4 is 0 Å².